The molecule has 0 unspecified atom stereocenters. The summed E-state index contributed by atoms with van der Waals surface area (Å²) >= 11 is 0. The molecule has 0 saturated carbocycles. The molecule has 7 nitrogen and oxygen atoms in total. The first-order valence-corrected chi connectivity index (χ1v) is 12.3. The first-order valence-electron chi connectivity index (χ1n) is 12.3. The number of pyridine rings is 2. The Morgan fingerprint density at radius 3 is 2.43 bits per heavy atom. The minimum atomic E-state index is -0.219. The van der Waals surface area contributed by atoms with Gasteiger partial charge in [-0.3, -0.25) is 9.59 Å². The van der Waals surface area contributed by atoms with Gasteiger partial charge in [0, 0.05) is 49.2 Å². The summed E-state index contributed by atoms with van der Waals surface area (Å²) in [6, 6.07) is 12.2. The zero-order valence-corrected chi connectivity index (χ0v) is 21.1. The molecular formula is C28H35N5O2. The molecule has 1 aromatic carbocycles. The Balaban J connectivity index is 1.63. The second-order valence-electron chi connectivity index (χ2n) is 9.70. The number of carbonyl (C=O) groups excluding carboxylic acids is 1. The first kappa shape index (κ1) is 24.7. The molecule has 3 heterocycles. The topological polar surface area (TPSA) is 81.3 Å². The maximum absolute atomic E-state index is 13.4. The SMILES string of the molecule is Cc1cc(C)c(CNC(=O)c2cc(-c3ccc(CN(C)C)cc3)cnc2N2CCCCC2)c(=O)[nH]1. The summed E-state index contributed by atoms with van der Waals surface area (Å²) in [5.41, 5.74) is 5.78. The van der Waals surface area contributed by atoms with Crippen molar-refractivity contribution < 1.29 is 4.79 Å². The van der Waals surface area contributed by atoms with Gasteiger partial charge in [-0.15, -0.1) is 0 Å². The number of nitrogens with one attached hydrogen (secondary N) is 2. The van der Waals surface area contributed by atoms with E-state index in [9.17, 15) is 9.59 Å². The van der Waals surface area contributed by atoms with Crippen LogP contribution < -0.4 is 15.8 Å². The van der Waals surface area contributed by atoms with Crippen molar-refractivity contribution in [3.63, 3.8) is 0 Å². The summed E-state index contributed by atoms with van der Waals surface area (Å²) in [5.74, 6) is 0.494. The number of aromatic nitrogens is 2. The maximum atomic E-state index is 13.4. The van der Waals surface area contributed by atoms with Crippen LogP contribution in [0.15, 0.2) is 47.4 Å². The number of hydrogen-bond donors (Lipinski definition) is 2. The third-order valence-corrected chi connectivity index (χ3v) is 6.47. The molecule has 0 atom stereocenters. The average Bonchev–Trinajstić information content (AvgIpc) is 2.83. The van der Waals surface area contributed by atoms with Crippen LogP contribution in [0.5, 0.6) is 0 Å². The Bertz CT molecular complexity index is 1240. The molecule has 0 radical (unpaired) electrons. The van der Waals surface area contributed by atoms with E-state index in [4.69, 9.17) is 4.98 Å². The summed E-state index contributed by atoms with van der Waals surface area (Å²) < 4.78 is 0. The summed E-state index contributed by atoms with van der Waals surface area (Å²) in [6.07, 6.45) is 5.24. The van der Waals surface area contributed by atoms with Crippen LogP contribution in [-0.4, -0.2) is 48.0 Å². The highest BCUT2D eigenvalue weighted by molar-refractivity contribution is 6.00. The molecule has 0 bridgehead atoms. The number of rotatable bonds is 7. The molecule has 4 rings (SSSR count). The minimum absolute atomic E-state index is 0.163. The van der Waals surface area contributed by atoms with Gasteiger partial charge in [-0.2, -0.15) is 0 Å². The van der Waals surface area contributed by atoms with Crippen LogP contribution in [0.25, 0.3) is 11.1 Å². The molecule has 0 aliphatic carbocycles. The molecule has 35 heavy (non-hydrogen) atoms. The number of nitrogens with zero attached hydrogens (tertiary/aromatic N) is 3. The van der Waals surface area contributed by atoms with E-state index in [1.165, 1.54) is 12.0 Å². The summed E-state index contributed by atoms with van der Waals surface area (Å²) in [4.78, 5) is 37.8. The van der Waals surface area contributed by atoms with Gasteiger partial charge in [0.05, 0.1) is 5.56 Å². The number of amides is 1. The number of hydrogen-bond acceptors (Lipinski definition) is 5. The molecule has 1 saturated heterocycles. The van der Waals surface area contributed by atoms with Gasteiger partial charge in [-0.25, -0.2) is 4.98 Å². The van der Waals surface area contributed by atoms with Crippen molar-refractivity contribution in [2.75, 3.05) is 32.1 Å². The lowest BCUT2D eigenvalue weighted by atomic mass is 10.0. The molecule has 3 aromatic rings. The lowest BCUT2D eigenvalue weighted by Crippen LogP contribution is -2.34. The molecule has 1 fully saturated rings. The number of H-pyrrole nitrogens is 1. The highest BCUT2D eigenvalue weighted by atomic mass is 16.2. The van der Waals surface area contributed by atoms with E-state index in [1.807, 2.05) is 46.3 Å². The maximum Gasteiger partial charge on any atom is 0.255 e. The Morgan fingerprint density at radius 2 is 1.77 bits per heavy atom. The minimum Gasteiger partial charge on any atom is -0.356 e. The van der Waals surface area contributed by atoms with Gasteiger partial charge < -0.3 is 20.1 Å². The zero-order chi connectivity index (χ0) is 24.9. The number of carbonyl (C=O) groups is 1. The van der Waals surface area contributed by atoms with Crippen LogP contribution in [0.4, 0.5) is 5.82 Å². The van der Waals surface area contributed by atoms with E-state index < -0.39 is 0 Å². The number of anilines is 1. The molecule has 1 amide bonds. The second-order valence-corrected chi connectivity index (χ2v) is 9.70. The molecule has 1 aliphatic rings. The largest absolute Gasteiger partial charge is 0.356 e. The highest BCUT2D eigenvalue weighted by Gasteiger charge is 2.21. The molecule has 2 N–H and O–H groups in total. The van der Waals surface area contributed by atoms with Crippen LogP contribution in [0.2, 0.25) is 0 Å². The smallest absolute Gasteiger partial charge is 0.255 e. The molecule has 7 heteroatoms. The second kappa shape index (κ2) is 10.9. The van der Waals surface area contributed by atoms with Crippen molar-refractivity contribution in [2.24, 2.45) is 0 Å². The number of aryl methyl sites for hydroxylation is 2. The average molecular weight is 474 g/mol. The lowest BCUT2D eigenvalue weighted by molar-refractivity contribution is 0.0951. The van der Waals surface area contributed by atoms with Crippen molar-refractivity contribution >= 4 is 11.7 Å². The van der Waals surface area contributed by atoms with E-state index in [-0.39, 0.29) is 18.0 Å². The van der Waals surface area contributed by atoms with Crippen molar-refractivity contribution in [1.29, 1.82) is 0 Å². The Labute approximate surface area is 207 Å². The zero-order valence-electron chi connectivity index (χ0n) is 21.1. The number of piperidine rings is 1. The molecule has 184 valence electrons. The molecule has 0 spiro atoms. The fourth-order valence-electron chi connectivity index (χ4n) is 4.67. The Kier molecular flexibility index (Phi) is 7.66. The van der Waals surface area contributed by atoms with Gasteiger partial charge in [0.25, 0.3) is 11.5 Å². The van der Waals surface area contributed by atoms with Gasteiger partial charge >= 0.3 is 0 Å². The molecule has 2 aromatic heterocycles. The van der Waals surface area contributed by atoms with E-state index in [0.717, 1.165) is 54.9 Å². The van der Waals surface area contributed by atoms with Gasteiger partial charge in [-0.05, 0) is 76.0 Å². The van der Waals surface area contributed by atoms with Crippen molar-refractivity contribution in [2.45, 2.75) is 46.2 Å². The standard InChI is InChI=1S/C28H35N5O2/c1-19-14-20(2)31-28(35)25(19)17-30-27(34)24-15-23(16-29-26(24)33-12-6-5-7-13-33)22-10-8-21(9-11-22)18-32(3)4/h8-11,14-16H,5-7,12-13,17-18H2,1-4H3,(H,30,34)(H,31,35). The van der Waals surface area contributed by atoms with E-state index in [0.29, 0.717) is 16.9 Å². The fraction of sp³-hybridized carbons (Fsp3) is 0.393. The summed E-state index contributed by atoms with van der Waals surface area (Å²) in [7, 11) is 4.10. The molecular weight excluding hydrogens is 438 g/mol. The quantitative estimate of drug-likeness (QED) is 0.541. The normalized spacial score (nSPS) is 13.8. The highest BCUT2D eigenvalue weighted by Crippen LogP contribution is 2.28. The summed E-state index contributed by atoms with van der Waals surface area (Å²) in [6.45, 7) is 6.57. The van der Waals surface area contributed by atoms with Gasteiger partial charge in [-0.1, -0.05) is 24.3 Å². The van der Waals surface area contributed by atoms with Crippen molar-refractivity contribution in [1.82, 2.24) is 20.2 Å². The van der Waals surface area contributed by atoms with E-state index in [1.54, 1.807) is 0 Å². The Hall–Kier alpha value is -3.45. The van der Waals surface area contributed by atoms with Crippen LogP contribution in [0.3, 0.4) is 0 Å². The van der Waals surface area contributed by atoms with E-state index in [2.05, 4.69) is 44.4 Å². The molecule has 1 aliphatic heterocycles. The predicted octanol–water partition coefficient (Wildman–Crippen LogP) is 4.04. The van der Waals surface area contributed by atoms with Gasteiger partial charge in [0.2, 0.25) is 0 Å². The van der Waals surface area contributed by atoms with Crippen LogP contribution >= 0.6 is 0 Å². The lowest BCUT2D eigenvalue weighted by Gasteiger charge is -2.29. The van der Waals surface area contributed by atoms with Crippen LogP contribution in [-0.2, 0) is 13.1 Å². The first-order chi connectivity index (χ1) is 16.8. The van der Waals surface area contributed by atoms with Gasteiger partial charge in [0.1, 0.15) is 5.82 Å². The number of aromatic amines is 1. The van der Waals surface area contributed by atoms with Gasteiger partial charge in [0.15, 0.2) is 0 Å². The van der Waals surface area contributed by atoms with E-state index >= 15 is 0 Å². The number of benzene rings is 1. The monoisotopic (exact) mass is 473 g/mol. The van der Waals surface area contributed by atoms with Crippen molar-refractivity contribution in [3.05, 3.63) is 80.9 Å². The van der Waals surface area contributed by atoms with Crippen molar-refractivity contribution in [3.8, 4) is 11.1 Å². The summed E-state index contributed by atoms with van der Waals surface area (Å²) in [5, 5.41) is 2.97. The van der Waals surface area contributed by atoms with Crippen LogP contribution in [0.1, 0.15) is 52.0 Å². The Morgan fingerprint density at radius 1 is 1.06 bits per heavy atom. The van der Waals surface area contributed by atoms with Crippen LogP contribution in [0, 0.1) is 13.8 Å². The third-order valence-electron chi connectivity index (χ3n) is 6.47. The third kappa shape index (κ3) is 5.98. The predicted molar refractivity (Wildman–Crippen MR) is 141 cm³/mol. The fourth-order valence-corrected chi connectivity index (χ4v) is 4.67.